The average Bonchev–Trinajstić information content (AvgIpc) is 3.61. The first-order valence-electron chi connectivity index (χ1n) is 12.7. The van der Waals surface area contributed by atoms with Crippen molar-refractivity contribution in [3.8, 4) is 5.75 Å². The molecule has 16 heteroatoms. The minimum absolute atomic E-state index is 0.00676. The van der Waals surface area contributed by atoms with Crippen molar-refractivity contribution in [1.29, 1.82) is 0 Å². The molecule has 15 nitrogen and oxygen atoms in total. The highest BCUT2D eigenvalue weighted by Gasteiger charge is 2.54. The van der Waals surface area contributed by atoms with E-state index in [2.05, 4.69) is 20.3 Å². The molecule has 0 amide bonds. The Kier molecular flexibility index (Phi) is 7.95. The summed E-state index contributed by atoms with van der Waals surface area (Å²) < 4.78 is 31.0. The van der Waals surface area contributed by atoms with Gasteiger partial charge in [-0.1, -0.05) is 23.0 Å². The lowest BCUT2D eigenvalue weighted by molar-refractivity contribution is -0.152. The molecule has 1 saturated carbocycles. The van der Waals surface area contributed by atoms with Crippen LogP contribution >= 0.6 is 8.18 Å². The highest BCUT2D eigenvalue weighted by Crippen LogP contribution is 2.42. The number of carbonyl (C=O) groups excluding carboxylic acids is 1. The summed E-state index contributed by atoms with van der Waals surface area (Å²) in [5, 5.41) is 25.5. The fourth-order valence-corrected chi connectivity index (χ4v) is 5.39. The van der Waals surface area contributed by atoms with Gasteiger partial charge in [0.1, 0.15) is 29.6 Å². The van der Waals surface area contributed by atoms with Gasteiger partial charge in [-0.3, -0.25) is 13.9 Å². The number of hydrogen-bond donors (Lipinski definition) is 4. The van der Waals surface area contributed by atoms with Crippen LogP contribution < -0.4 is 15.9 Å². The molecular weight excluding hydrogens is 545 g/mol. The standard InChI is InChI=1S/C24H32N7O8P/c1-13(21(33)36-3)31(39-15-7-5-4-6-8-15)40(35)37-11-16-18(32)24(2,34)22(38-16)30-12-26-17-19(27-14-9-10-14)28-23(25)29-20(17)30/h4-8,12-14,16,18,22,32,34,40H,9-11H2,1-3H3,(H3,25,27,28,29)/t13-,16-,18-,22-,24-/m1/s1. The lowest BCUT2D eigenvalue weighted by atomic mass is 9.96. The molecule has 0 spiro atoms. The summed E-state index contributed by atoms with van der Waals surface area (Å²) in [5.41, 5.74) is 4.85. The molecule has 0 bridgehead atoms. The molecule has 0 radical (unpaired) electrons. The number of aliphatic hydroxyl groups is 2. The van der Waals surface area contributed by atoms with E-state index in [-0.39, 0.29) is 12.0 Å². The first kappa shape index (κ1) is 28.2. The smallest absolute Gasteiger partial charge is 0.326 e. The number of nitrogens with zero attached hydrogens (tertiary/aromatic N) is 5. The Labute approximate surface area is 230 Å². The van der Waals surface area contributed by atoms with Crippen LogP contribution in [-0.2, 0) is 23.4 Å². The first-order chi connectivity index (χ1) is 19.1. The fourth-order valence-electron chi connectivity index (χ4n) is 4.36. The molecule has 5 rings (SSSR count). The van der Waals surface area contributed by atoms with E-state index in [4.69, 9.17) is 24.6 Å². The van der Waals surface area contributed by atoms with Crippen molar-refractivity contribution in [2.75, 3.05) is 24.8 Å². The zero-order valence-corrected chi connectivity index (χ0v) is 23.1. The summed E-state index contributed by atoms with van der Waals surface area (Å²) in [5.74, 6) is 0.108. The van der Waals surface area contributed by atoms with Crippen LogP contribution in [0.15, 0.2) is 36.7 Å². The summed E-state index contributed by atoms with van der Waals surface area (Å²) in [4.78, 5) is 31.7. The second-order valence-electron chi connectivity index (χ2n) is 9.88. The van der Waals surface area contributed by atoms with Gasteiger partial charge in [0.05, 0.1) is 20.0 Å². The number of aromatic nitrogens is 4. The lowest BCUT2D eigenvalue weighted by Gasteiger charge is -2.27. The average molecular weight is 578 g/mol. The normalized spacial score (nSPS) is 26.1. The summed E-state index contributed by atoms with van der Waals surface area (Å²) in [6.07, 6.45) is -0.262. The summed E-state index contributed by atoms with van der Waals surface area (Å²) in [7, 11) is -2.02. The van der Waals surface area contributed by atoms with Crippen molar-refractivity contribution in [2.24, 2.45) is 0 Å². The molecule has 1 saturated heterocycles. The van der Waals surface area contributed by atoms with Crippen molar-refractivity contribution in [3.63, 3.8) is 0 Å². The van der Waals surface area contributed by atoms with Gasteiger partial charge in [0.15, 0.2) is 23.2 Å². The van der Waals surface area contributed by atoms with Gasteiger partial charge in [-0.2, -0.15) is 9.97 Å². The molecule has 2 aromatic heterocycles. The third-order valence-corrected chi connectivity index (χ3v) is 8.01. The van der Waals surface area contributed by atoms with Crippen LogP contribution in [0, 0.1) is 0 Å². The van der Waals surface area contributed by atoms with E-state index in [0.29, 0.717) is 22.7 Å². The Morgan fingerprint density at radius 2 is 2.08 bits per heavy atom. The predicted molar refractivity (Wildman–Crippen MR) is 142 cm³/mol. The molecule has 2 aliphatic rings. The Bertz CT molecular complexity index is 1390. The number of fused-ring (bicyclic) bond motifs is 1. The monoisotopic (exact) mass is 577 g/mol. The molecule has 1 aliphatic carbocycles. The lowest BCUT2D eigenvalue weighted by Crippen LogP contribution is -2.44. The molecule has 6 atom stereocenters. The van der Waals surface area contributed by atoms with Crippen LogP contribution in [0.2, 0.25) is 0 Å². The predicted octanol–water partition coefficient (Wildman–Crippen LogP) is 1.26. The number of nitrogens with two attached hydrogens (primary N) is 1. The number of imidazole rings is 1. The van der Waals surface area contributed by atoms with Crippen LogP contribution in [-0.4, -0.2) is 84.1 Å². The van der Waals surface area contributed by atoms with Crippen LogP contribution in [0.1, 0.15) is 32.9 Å². The van der Waals surface area contributed by atoms with Crippen molar-refractivity contribution >= 4 is 37.1 Å². The number of esters is 1. The van der Waals surface area contributed by atoms with Gasteiger partial charge in [-0.15, -0.1) is 0 Å². The topological polar surface area (TPSA) is 196 Å². The zero-order chi connectivity index (χ0) is 28.6. The van der Waals surface area contributed by atoms with Crippen LogP contribution in [0.5, 0.6) is 5.75 Å². The number of anilines is 2. The van der Waals surface area contributed by atoms with Crippen LogP contribution in [0.3, 0.4) is 0 Å². The van der Waals surface area contributed by atoms with Gasteiger partial charge >= 0.3 is 5.97 Å². The SMILES string of the molecule is COC(=O)[C@@H](C)N(Oc1ccccc1)[PH](=O)OC[C@H]1O[C@@H](n2cnc3c(NC4CC4)nc(N)nc32)[C@](C)(O)[C@@H]1O. The molecule has 216 valence electrons. The van der Waals surface area contributed by atoms with E-state index in [9.17, 15) is 19.6 Å². The molecule has 1 aliphatic heterocycles. The Hall–Kier alpha value is -3.33. The number of hydroxylamine groups is 1. The highest BCUT2D eigenvalue weighted by molar-refractivity contribution is 7.36. The van der Waals surface area contributed by atoms with Gasteiger partial charge in [-0.25, -0.2) is 4.98 Å². The number of nitrogen functional groups attached to an aromatic ring is 1. The number of nitrogens with one attached hydrogen (secondary N) is 1. The maximum Gasteiger partial charge on any atom is 0.326 e. The number of ether oxygens (including phenoxy) is 2. The van der Waals surface area contributed by atoms with Crippen molar-refractivity contribution in [2.45, 2.75) is 62.8 Å². The Morgan fingerprint density at radius 3 is 2.75 bits per heavy atom. The maximum absolute atomic E-state index is 13.2. The number of hydrogen-bond acceptors (Lipinski definition) is 13. The largest absolute Gasteiger partial charge is 0.468 e. The van der Waals surface area contributed by atoms with E-state index in [1.165, 1.54) is 31.9 Å². The summed E-state index contributed by atoms with van der Waals surface area (Å²) in [6, 6.07) is 7.64. The third-order valence-electron chi connectivity index (χ3n) is 6.76. The molecule has 1 aromatic carbocycles. The Morgan fingerprint density at radius 1 is 1.35 bits per heavy atom. The quantitative estimate of drug-likeness (QED) is 0.144. The zero-order valence-electron chi connectivity index (χ0n) is 22.1. The van der Waals surface area contributed by atoms with Gasteiger partial charge in [-0.05, 0) is 38.8 Å². The second kappa shape index (κ2) is 11.3. The van der Waals surface area contributed by atoms with E-state index in [1.54, 1.807) is 30.3 Å². The summed E-state index contributed by atoms with van der Waals surface area (Å²) in [6.45, 7) is 2.45. The molecule has 2 fully saturated rings. The molecule has 3 heterocycles. The van der Waals surface area contributed by atoms with Crippen molar-refractivity contribution < 1.29 is 38.4 Å². The molecule has 40 heavy (non-hydrogen) atoms. The number of methoxy groups -OCH3 is 1. The van der Waals surface area contributed by atoms with E-state index in [0.717, 1.165) is 17.7 Å². The maximum atomic E-state index is 13.2. The molecule has 3 aromatic rings. The number of carbonyl (C=O) groups is 1. The van der Waals surface area contributed by atoms with Crippen molar-refractivity contribution in [1.82, 2.24) is 24.4 Å². The third kappa shape index (κ3) is 5.61. The van der Waals surface area contributed by atoms with Crippen LogP contribution in [0.25, 0.3) is 11.2 Å². The highest BCUT2D eigenvalue weighted by atomic mass is 31.1. The van der Waals surface area contributed by atoms with E-state index < -0.39 is 50.8 Å². The second-order valence-corrected chi connectivity index (χ2v) is 11.1. The Balaban J connectivity index is 1.33. The van der Waals surface area contributed by atoms with Gasteiger partial charge in [0.2, 0.25) is 5.95 Å². The van der Waals surface area contributed by atoms with E-state index in [1.807, 2.05) is 0 Å². The molecule has 5 N–H and O–H groups in total. The number of rotatable bonds is 11. The summed E-state index contributed by atoms with van der Waals surface area (Å²) >= 11 is 0. The van der Waals surface area contributed by atoms with Gasteiger partial charge in [0, 0.05) is 6.04 Å². The minimum atomic E-state index is -3.22. The molecular formula is C24H32N7O8P. The molecule has 1 unspecified atom stereocenters. The number of aliphatic hydroxyl groups excluding tert-OH is 1. The van der Waals surface area contributed by atoms with E-state index >= 15 is 0 Å². The van der Waals surface area contributed by atoms with Gasteiger partial charge < -0.3 is 40.1 Å². The van der Waals surface area contributed by atoms with Crippen molar-refractivity contribution in [3.05, 3.63) is 36.7 Å². The first-order valence-corrected chi connectivity index (χ1v) is 14.0. The minimum Gasteiger partial charge on any atom is -0.468 e. The fraction of sp³-hybridized carbons (Fsp3) is 0.500. The van der Waals surface area contributed by atoms with Crippen LogP contribution in [0.4, 0.5) is 11.8 Å². The number of benzene rings is 1. The number of para-hydroxylation sites is 1. The van der Waals surface area contributed by atoms with Gasteiger partial charge in [0.25, 0.3) is 8.18 Å².